The molecular weight excluding hydrogens is 274 g/mol. The maximum atomic E-state index is 5.85. The van der Waals surface area contributed by atoms with Gasteiger partial charge < -0.3 is 4.90 Å². The van der Waals surface area contributed by atoms with Gasteiger partial charge >= 0.3 is 0 Å². The number of nitrogens with one attached hydrogen (secondary N) is 1. The van der Waals surface area contributed by atoms with Crippen LogP contribution in [-0.4, -0.2) is 30.3 Å². The summed E-state index contributed by atoms with van der Waals surface area (Å²) in [6.45, 7) is 1.78. The van der Waals surface area contributed by atoms with Crippen molar-refractivity contribution in [3.8, 4) is 0 Å². The number of benzene rings is 1. The van der Waals surface area contributed by atoms with Crippen molar-refractivity contribution in [3.05, 3.63) is 46.9 Å². The van der Waals surface area contributed by atoms with Gasteiger partial charge in [0.1, 0.15) is 11.0 Å². The third-order valence-electron chi connectivity index (χ3n) is 2.61. The Morgan fingerprint density at radius 2 is 1.90 bits per heavy atom. The Balaban J connectivity index is 2.02. The van der Waals surface area contributed by atoms with E-state index in [1.807, 2.05) is 43.3 Å². The van der Waals surface area contributed by atoms with Gasteiger partial charge in [0.15, 0.2) is 5.82 Å². The molecule has 0 saturated carbocycles. The minimum absolute atomic E-state index is 0.394. The molecule has 0 radical (unpaired) electrons. The molecule has 0 atom stereocenters. The Labute approximate surface area is 123 Å². The fraction of sp³-hybridized carbons (Fsp3) is 0.214. The van der Waals surface area contributed by atoms with E-state index in [0.717, 1.165) is 11.3 Å². The molecule has 5 nitrogen and oxygen atoms in total. The lowest BCUT2D eigenvalue weighted by molar-refractivity contribution is 1.04. The normalized spacial score (nSPS) is 10.8. The second kappa shape index (κ2) is 6.34. The van der Waals surface area contributed by atoms with Crippen molar-refractivity contribution in [3.63, 3.8) is 0 Å². The minimum atomic E-state index is 0.394. The van der Waals surface area contributed by atoms with E-state index in [4.69, 9.17) is 11.6 Å². The molecule has 0 unspecified atom stereocenters. The predicted molar refractivity (Wildman–Crippen MR) is 83.8 cm³/mol. The molecule has 1 heterocycles. The average molecular weight is 290 g/mol. The zero-order valence-corrected chi connectivity index (χ0v) is 12.4. The van der Waals surface area contributed by atoms with Gasteiger partial charge in [-0.25, -0.2) is 9.97 Å². The third-order valence-corrected chi connectivity index (χ3v) is 2.80. The lowest BCUT2D eigenvalue weighted by Crippen LogP contribution is -2.08. The summed E-state index contributed by atoms with van der Waals surface area (Å²) in [5.74, 6) is 1.18. The number of nitrogens with zero attached hydrogens (tertiary/aromatic N) is 4. The summed E-state index contributed by atoms with van der Waals surface area (Å²) in [7, 11) is 4.01. The van der Waals surface area contributed by atoms with Crippen molar-refractivity contribution in [2.75, 3.05) is 24.4 Å². The highest BCUT2D eigenvalue weighted by Gasteiger charge is 1.98. The summed E-state index contributed by atoms with van der Waals surface area (Å²) in [5.41, 5.74) is 4.98. The lowest BCUT2D eigenvalue weighted by Gasteiger charge is -2.11. The van der Waals surface area contributed by atoms with Crippen LogP contribution in [0.25, 0.3) is 0 Å². The van der Waals surface area contributed by atoms with Crippen molar-refractivity contribution >= 4 is 29.3 Å². The molecule has 0 spiro atoms. The van der Waals surface area contributed by atoms with E-state index in [-0.39, 0.29) is 0 Å². The van der Waals surface area contributed by atoms with Crippen LogP contribution < -0.4 is 10.3 Å². The number of aromatic nitrogens is 2. The molecule has 0 bridgehead atoms. The number of hydrogen-bond acceptors (Lipinski definition) is 5. The predicted octanol–water partition coefficient (Wildman–Crippen LogP) is 2.95. The van der Waals surface area contributed by atoms with Crippen LogP contribution >= 0.6 is 11.6 Å². The molecule has 1 N–H and O–H groups in total. The van der Waals surface area contributed by atoms with Crippen molar-refractivity contribution in [1.29, 1.82) is 0 Å². The van der Waals surface area contributed by atoms with E-state index in [9.17, 15) is 0 Å². The number of halogens is 1. The van der Waals surface area contributed by atoms with E-state index < -0.39 is 0 Å². The maximum Gasteiger partial charge on any atom is 0.151 e. The van der Waals surface area contributed by atoms with Crippen LogP contribution in [0.15, 0.2) is 35.4 Å². The Hall–Kier alpha value is -2.14. The standard InChI is InChI=1S/C14H16ClN5/c1-10-17-13(15)8-14(18-10)19-16-9-11-4-6-12(7-5-11)20(2)3/h4-9H,1-3H3,(H,17,18,19)/b16-9-. The van der Waals surface area contributed by atoms with E-state index in [0.29, 0.717) is 16.8 Å². The number of anilines is 2. The van der Waals surface area contributed by atoms with Gasteiger partial charge in [-0.05, 0) is 24.6 Å². The molecule has 104 valence electrons. The first-order valence-corrected chi connectivity index (χ1v) is 6.50. The topological polar surface area (TPSA) is 53.4 Å². The van der Waals surface area contributed by atoms with Gasteiger partial charge in [0.05, 0.1) is 6.21 Å². The van der Waals surface area contributed by atoms with Gasteiger partial charge in [-0.2, -0.15) is 5.10 Å². The van der Waals surface area contributed by atoms with Crippen molar-refractivity contribution in [2.24, 2.45) is 5.10 Å². The molecule has 1 aromatic carbocycles. The highest BCUT2D eigenvalue weighted by Crippen LogP contribution is 2.12. The molecular formula is C14H16ClN5. The molecule has 0 aliphatic heterocycles. The van der Waals surface area contributed by atoms with Crippen LogP contribution in [-0.2, 0) is 0 Å². The first-order valence-electron chi connectivity index (χ1n) is 6.12. The van der Waals surface area contributed by atoms with Crippen molar-refractivity contribution in [2.45, 2.75) is 6.92 Å². The maximum absolute atomic E-state index is 5.85. The Morgan fingerprint density at radius 3 is 2.50 bits per heavy atom. The van der Waals surface area contributed by atoms with E-state index in [2.05, 4.69) is 20.5 Å². The molecule has 2 aromatic rings. The SMILES string of the molecule is Cc1nc(Cl)cc(N/N=C\c2ccc(N(C)C)cc2)n1. The van der Waals surface area contributed by atoms with Crippen molar-refractivity contribution < 1.29 is 0 Å². The molecule has 0 aliphatic carbocycles. The van der Waals surface area contributed by atoms with Gasteiger partial charge in [-0.1, -0.05) is 23.7 Å². The van der Waals surface area contributed by atoms with Gasteiger partial charge in [0.2, 0.25) is 0 Å². The van der Waals surface area contributed by atoms with Gasteiger partial charge in [-0.15, -0.1) is 0 Å². The number of hydrogen-bond donors (Lipinski definition) is 1. The lowest BCUT2D eigenvalue weighted by atomic mass is 10.2. The molecule has 0 saturated heterocycles. The highest BCUT2D eigenvalue weighted by molar-refractivity contribution is 6.29. The van der Waals surface area contributed by atoms with Crippen LogP contribution in [0.1, 0.15) is 11.4 Å². The average Bonchev–Trinajstić information content (AvgIpc) is 2.38. The van der Waals surface area contributed by atoms with Crippen LogP contribution in [0.2, 0.25) is 5.15 Å². The molecule has 1 aromatic heterocycles. The van der Waals surface area contributed by atoms with Gasteiger partial charge in [-0.3, -0.25) is 5.43 Å². The summed E-state index contributed by atoms with van der Waals surface area (Å²) < 4.78 is 0. The smallest absolute Gasteiger partial charge is 0.151 e. The summed E-state index contributed by atoms with van der Waals surface area (Å²) in [6.07, 6.45) is 1.73. The van der Waals surface area contributed by atoms with E-state index >= 15 is 0 Å². The van der Waals surface area contributed by atoms with Crippen LogP contribution in [0.5, 0.6) is 0 Å². The van der Waals surface area contributed by atoms with Crippen LogP contribution in [0.4, 0.5) is 11.5 Å². The monoisotopic (exact) mass is 289 g/mol. The molecule has 20 heavy (non-hydrogen) atoms. The fourth-order valence-electron chi connectivity index (χ4n) is 1.62. The number of aryl methyl sites for hydroxylation is 1. The summed E-state index contributed by atoms with van der Waals surface area (Å²) in [6, 6.07) is 9.69. The molecule has 0 fully saturated rings. The number of rotatable bonds is 4. The first kappa shape index (κ1) is 14.3. The third kappa shape index (κ3) is 3.93. The van der Waals surface area contributed by atoms with Gasteiger partial charge in [0, 0.05) is 25.8 Å². The summed E-state index contributed by atoms with van der Waals surface area (Å²) >= 11 is 5.85. The Bertz CT molecular complexity index is 587. The fourth-order valence-corrected chi connectivity index (χ4v) is 1.85. The largest absolute Gasteiger partial charge is 0.378 e. The molecule has 2 rings (SSSR count). The minimum Gasteiger partial charge on any atom is -0.378 e. The molecule has 0 aliphatic rings. The van der Waals surface area contributed by atoms with Crippen LogP contribution in [0, 0.1) is 6.92 Å². The summed E-state index contributed by atoms with van der Waals surface area (Å²) in [5, 5.41) is 4.53. The Morgan fingerprint density at radius 1 is 1.20 bits per heavy atom. The molecule has 6 heteroatoms. The zero-order chi connectivity index (χ0) is 14.5. The van der Waals surface area contributed by atoms with Crippen molar-refractivity contribution in [1.82, 2.24) is 9.97 Å². The van der Waals surface area contributed by atoms with Gasteiger partial charge in [0.25, 0.3) is 0 Å². The highest BCUT2D eigenvalue weighted by atomic mass is 35.5. The van der Waals surface area contributed by atoms with E-state index in [1.165, 1.54) is 0 Å². The zero-order valence-electron chi connectivity index (χ0n) is 11.6. The number of hydrazone groups is 1. The molecule has 0 amide bonds. The summed E-state index contributed by atoms with van der Waals surface area (Å²) in [4.78, 5) is 10.2. The quantitative estimate of drug-likeness (QED) is 0.534. The van der Waals surface area contributed by atoms with Crippen LogP contribution in [0.3, 0.4) is 0 Å². The van der Waals surface area contributed by atoms with E-state index in [1.54, 1.807) is 19.2 Å². The first-order chi connectivity index (χ1) is 9.54. The second-order valence-electron chi connectivity index (χ2n) is 4.48. The second-order valence-corrected chi connectivity index (χ2v) is 4.87. The Kier molecular flexibility index (Phi) is 4.53.